The van der Waals surface area contributed by atoms with E-state index in [9.17, 15) is 9.59 Å². The highest BCUT2D eigenvalue weighted by Gasteiger charge is 2.12. The van der Waals surface area contributed by atoms with Crippen molar-refractivity contribution < 1.29 is 14.7 Å². The van der Waals surface area contributed by atoms with Crippen LogP contribution in [0.4, 0.5) is 4.79 Å². The largest absolute Gasteiger partial charge is 0.480 e. The first-order valence-electron chi connectivity index (χ1n) is 4.75. The number of aliphatic carboxylic acids is 1. The highest BCUT2D eigenvalue weighted by Crippen LogP contribution is 1.94. The smallest absolute Gasteiger partial charge is 0.325 e. The first-order chi connectivity index (χ1) is 7.59. The molecule has 0 saturated carbocycles. The Morgan fingerprint density at radius 3 is 2.62 bits per heavy atom. The molecule has 6 heteroatoms. The maximum Gasteiger partial charge on any atom is 0.325 e. The fraction of sp³-hybridized carbons (Fsp3) is 0.300. The summed E-state index contributed by atoms with van der Waals surface area (Å²) >= 11 is 0. The van der Waals surface area contributed by atoms with Crippen LogP contribution in [0.25, 0.3) is 0 Å². The van der Waals surface area contributed by atoms with Crippen LogP contribution in [0.3, 0.4) is 0 Å². The molecule has 2 amide bonds. The van der Waals surface area contributed by atoms with E-state index in [2.05, 4.69) is 15.6 Å². The van der Waals surface area contributed by atoms with Gasteiger partial charge in [0.05, 0.1) is 0 Å². The zero-order chi connectivity index (χ0) is 12.0. The lowest BCUT2D eigenvalue weighted by molar-refractivity contribution is -0.138. The van der Waals surface area contributed by atoms with Crippen LogP contribution in [0.5, 0.6) is 0 Å². The second-order valence-electron chi connectivity index (χ2n) is 3.24. The van der Waals surface area contributed by atoms with E-state index in [0.29, 0.717) is 6.54 Å². The molecule has 0 aromatic carbocycles. The highest BCUT2D eigenvalue weighted by molar-refractivity contribution is 5.82. The quantitative estimate of drug-likeness (QED) is 0.687. The van der Waals surface area contributed by atoms with E-state index >= 15 is 0 Å². The van der Waals surface area contributed by atoms with E-state index in [1.807, 2.05) is 0 Å². The number of carbonyl (C=O) groups is 2. The van der Waals surface area contributed by atoms with Crippen LogP contribution in [0, 0.1) is 0 Å². The molecule has 0 radical (unpaired) electrons. The predicted octanol–water partition coefficient (Wildman–Crippen LogP) is 0.354. The number of nitrogens with one attached hydrogen (secondary N) is 2. The summed E-state index contributed by atoms with van der Waals surface area (Å²) in [5.74, 6) is -1.07. The van der Waals surface area contributed by atoms with Gasteiger partial charge in [-0.15, -0.1) is 0 Å². The minimum absolute atomic E-state index is 0.334. The zero-order valence-corrected chi connectivity index (χ0v) is 8.80. The summed E-state index contributed by atoms with van der Waals surface area (Å²) in [6.07, 6.45) is 3.24. The second-order valence-corrected chi connectivity index (χ2v) is 3.24. The molecule has 0 fully saturated rings. The standard InChI is InChI=1S/C10H13N3O3/c1-7(9(14)15)13-10(16)12-6-8-2-4-11-5-3-8/h2-5,7H,6H2,1H3,(H,14,15)(H2,12,13,16)/t7-/m1/s1. The van der Waals surface area contributed by atoms with Crippen molar-refractivity contribution in [3.63, 3.8) is 0 Å². The molecule has 1 aromatic rings. The Morgan fingerprint density at radius 2 is 2.06 bits per heavy atom. The van der Waals surface area contributed by atoms with E-state index in [0.717, 1.165) is 5.56 Å². The minimum Gasteiger partial charge on any atom is -0.480 e. The first-order valence-corrected chi connectivity index (χ1v) is 4.75. The van der Waals surface area contributed by atoms with Crippen molar-refractivity contribution in [1.29, 1.82) is 0 Å². The van der Waals surface area contributed by atoms with Gasteiger partial charge in [-0.2, -0.15) is 0 Å². The first kappa shape index (κ1) is 12.0. The van der Waals surface area contributed by atoms with Crippen LogP contribution in [0.15, 0.2) is 24.5 Å². The highest BCUT2D eigenvalue weighted by atomic mass is 16.4. The van der Waals surface area contributed by atoms with Gasteiger partial charge < -0.3 is 15.7 Å². The minimum atomic E-state index is -1.07. The summed E-state index contributed by atoms with van der Waals surface area (Å²) in [5, 5.41) is 13.4. The van der Waals surface area contributed by atoms with E-state index in [1.165, 1.54) is 6.92 Å². The Hall–Kier alpha value is -2.11. The lowest BCUT2D eigenvalue weighted by atomic mass is 10.3. The second kappa shape index (κ2) is 5.69. The normalized spacial score (nSPS) is 11.6. The van der Waals surface area contributed by atoms with Crippen LogP contribution in [-0.2, 0) is 11.3 Å². The van der Waals surface area contributed by atoms with Gasteiger partial charge in [-0.25, -0.2) is 4.79 Å². The number of amides is 2. The fourth-order valence-electron chi connectivity index (χ4n) is 0.992. The molecule has 6 nitrogen and oxygen atoms in total. The van der Waals surface area contributed by atoms with Crippen LogP contribution >= 0.6 is 0 Å². The summed E-state index contributed by atoms with van der Waals surface area (Å²) in [5.41, 5.74) is 0.896. The average Bonchev–Trinajstić information content (AvgIpc) is 2.27. The van der Waals surface area contributed by atoms with E-state index in [4.69, 9.17) is 5.11 Å². The molecule has 0 spiro atoms. The molecule has 16 heavy (non-hydrogen) atoms. The maximum atomic E-state index is 11.2. The molecule has 0 bridgehead atoms. The lowest BCUT2D eigenvalue weighted by Crippen LogP contribution is -2.44. The molecule has 0 aliphatic heterocycles. The Balaban J connectivity index is 2.33. The monoisotopic (exact) mass is 223 g/mol. The van der Waals surface area contributed by atoms with E-state index < -0.39 is 18.0 Å². The number of hydrogen-bond acceptors (Lipinski definition) is 3. The van der Waals surface area contributed by atoms with E-state index in [-0.39, 0.29) is 0 Å². The van der Waals surface area contributed by atoms with Crippen molar-refractivity contribution in [3.8, 4) is 0 Å². The number of carbonyl (C=O) groups excluding carboxylic acids is 1. The van der Waals surface area contributed by atoms with Gasteiger partial charge in [0, 0.05) is 18.9 Å². The van der Waals surface area contributed by atoms with Crippen LogP contribution in [-0.4, -0.2) is 28.1 Å². The number of rotatable bonds is 4. The molecule has 0 unspecified atom stereocenters. The Labute approximate surface area is 92.7 Å². The zero-order valence-electron chi connectivity index (χ0n) is 8.80. The number of hydrogen-bond donors (Lipinski definition) is 3. The predicted molar refractivity (Wildman–Crippen MR) is 56.7 cm³/mol. The summed E-state index contributed by atoms with van der Waals surface area (Å²) in [6, 6.07) is 2.12. The molecular formula is C10H13N3O3. The molecule has 1 heterocycles. The van der Waals surface area contributed by atoms with Gasteiger partial charge in [0.15, 0.2) is 0 Å². The Kier molecular flexibility index (Phi) is 4.26. The fourth-order valence-corrected chi connectivity index (χ4v) is 0.992. The number of nitrogens with zero attached hydrogens (tertiary/aromatic N) is 1. The lowest BCUT2D eigenvalue weighted by Gasteiger charge is -2.10. The maximum absolute atomic E-state index is 11.2. The third kappa shape index (κ3) is 3.95. The van der Waals surface area contributed by atoms with Gasteiger partial charge in [0.2, 0.25) is 0 Å². The van der Waals surface area contributed by atoms with Crippen molar-refractivity contribution in [2.45, 2.75) is 19.5 Å². The number of carboxylic acid groups (broad SMARTS) is 1. The topological polar surface area (TPSA) is 91.3 Å². The van der Waals surface area contributed by atoms with E-state index in [1.54, 1.807) is 24.5 Å². The molecule has 0 aliphatic carbocycles. The van der Waals surface area contributed by atoms with Crippen LogP contribution in [0.1, 0.15) is 12.5 Å². The molecule has 1 aromatic heterocycles. The molecule has 86 valence electrons. The van der Waals surface area contributed by atoms with Gasteiger partial charge in [0.25, 0.3) is 0 Å². The Bertz CT molecular complexity index is 367. The van der Waals surface area contributed by atoms with Gasteiger partial charge in [-0.05, 0) is 24.6 Å². The third-order valence-corrected chi connectivity index (χ3v) is 1.92. The number of pyridine rings is 1. The summed E-state index contributed by atoms with van der Waals surface area (Å²) in [4.78, 5) is 25.5. The van der Waals surface area contributed by atoms with Gasteiger partial charge in [-0.1, -0.05) is 0 Å². The van der Waals surface area contributed by atoms with Crippen molar-refractivity contribution in [2.75, 3.05) is 0 Å². The SMILES string of the molecule is C[C@@H](NC(=O)NCc1ccncc1)C(=O)O. The van der Waals surface area contributed by atoms with Crippen LogP contribution in [0.2, 0.25) is 0 Å². The van der Waals surface area contributed by atoms with Gasteiger partial charge >= 0.3 is 12.0 Å². The van der Waals surface area contributed by atoms with Gasteiger partial charge in [-0.3, -0.25) is 9.78 Å². The molecular weight excluding hydrogens is 210 g/mol. The van der Waals surface area contributed by atoms with Crippen molar-refractivity contribution in [3.05, 3.63) is 30.1 Å². The number of carboxylic acids is 1. The number of urea groups is 1. The van der Waals surface area contributed by atoms with Crippen molar-refractivity contribution in [1.82, 2.24) is 15.6 Å². The molecule has 0 aliphatic rings. The summed E-state index contributed by atoms with van der Waals surface area (Å²) in [7, 11) is 0. The molecule has 3 N–H and O–H groups in total. The van der Waals surface area contributed by atoms with Crippen molar-refractivity contribution in [2.24, 2.45) is 0 Å². The van der Waals surface area contributed by atoms with Gasteiger partial charge in [0.1, 0.15) is 6.04 Å². The number of aromatic nitrogens is 1. The summed E-state index contributed by atoms with van der Waals surface area (Å²) < 4.78 is 0. The summed E-state index contributed by atoms with van der Waals surface area (Å²) in [6.45, 7) is 1.73. The van der Waals surface area contributed by atoms with Crippen LogP contribution < -0.4 is 10.6 Å². The third-order valence-electron chi connectivity index (χ3n) is 1.92. The molecule has 1 atom stereocenters. The van der Waals surface area contributed by atoms with Crippen molar-refractivity contribution >= 4 is 12.0 Å². The average molecular weight is 223 g/mol. The molecule has 0 saturated heterocycles. The molecule has 1 rings (SSSR count). The Morgan fingerprint density at radius 1 is 1.44 bits per heavy atom.